The van der Waals surface area contributed by atoms with Crippen molar-refractivity contribution in [2.24, 2.45) is 0 Å². The van der Waals surface area contributed by atoms with Gasteiger partial charge in [0.2, 0.25) is 0 Å². The third-order valence-electron chi connectivity index (χ3n) is 1.67. The monoisotopic (exact) mass is 191 g/mol. The molecule has 0 aliphatic rings. The van der Waals surface area contributed by atoms with E-state index in [-0.39, 0.29) is 4.57 Å². The summed E-state index contributed by atoms with van der Waals surface area (Å²) in [5.74, 6) is 0. The number of aryl methyl sites for hydroxylation is 1. The highest BCUT2D eigenvalue weighted by Crippen LogP contribution is 2.19. The minimum absolute atomic E-state index is 0.244. The van der Waals surface area contributed by atoms with Gasteiger partial charge in [0.25, 0.3) is 5.56 Å². The van der Waals surface area contributed by atoms with Gasteiger partial charge in [-0.25, -0.2) is 4.57 Å². The molecule has 0 aromatic carbocycles. The van der Waals surface area contributed by atoms with Gasteiger partial charge in [-0.3, -0.25) is 4.79 Å². The van der Waals surface area contributed by atoms with E-state index in [9.17, 15) is 18.0 Å². The van der Waals surface area contributed by atoms with Gasteiger partial charge in [-0.1, -0.05) is 6.92 Å². The summed E-state index contributed by atoms with van der Waals surface area (Å²) in [5, 5.41) is 0. The van der Waals surface area contributed by atoms with Crippen molar-refractivity contribution in [1.82, 2.24) is 4.57 Å². The summed E-state index contributed by atoms with van der Waals surface area (Å²) < 4.78 is 35.9. The highest BCUT2D eigenvalue weighted by Gasteiger charge is 2.31. The van der Waals surface area contributed by atoms with Crippen molar-refractivity contribution < 1.29 is 13.2 Å². The van der Waals surface area contributed by atoms with Crippen LogP contribution >= 0.6 is 0 Å². The zero-order valence-corrected chi connectivity index (χ0v) is 6.93. The summed E-state index contributed by atoms with van der Waals surface area (Å²) in [6, 6.07) is 2.28. The Morgan fingerprint density at radius 1 is 1.46 bits per heavy atom. The van der Waals surface area contributed by atoms with Gasteiger partial charge in [0.1, 0.15) is 0 Å². The molecule has 1 aromatic rings. The summed E-state index contributed by atoms with van der Waals surface area (Å²) in [4.78, 5) is 10.9. The highest BCUT2D eigenvalue weighted by atomic mass is 19.4. The van der Waals surface area contributed by atoms with Gasteiger partial charge in [-0.2, -0.15) is 0 Å². The second-order valence-electron chi connectivity index (χ2n) is 2.56. The van der Waals surface area contributed by atoms with E-state index < -0.39 is 11.9 Å². The molecule has 0 amide bonds. The maximum Gasteiger partial charge on any atom is 0.491 e. The molecule has 0 aliphatic carbocycles. The third kappa shape index (κ3) is 2.11. The van der Waals surface area contributed by atoms with E-state index in [1.165, 1.54) is 6.07 Å². The lowest BCUT2D eigenvalue weighted by Crippen LogP contribution is -2.29. The molecule has 0 spiro atoms. The molecule has 0 atom stereocenters. The third-order valence-corrected chi connectivity index (χ3v) is 1.67. The lowest BCUT2D eigenvalue weighted by Gasteiger charge is -2.09. The lowest BCUT2D eigenvalue weighted by atomic mass is 10.2. The molecule has 1 heterocycles. The minimum Gasteiger partial charge on any atom is -0.269 e. The van der Waals surface area contributed by atoms with Crippen molar-refractivity contribution in [3.8, 4) is 0 Å². The number of alkyl halides is 3. The Labute approximate surface area is 72.6 Å². The molecule has 72 valence electrons. The molecular formula is C8H8F3NO. The van der Waals surface area contributed by atoms with Crippen molar-refractivity contribution in [3.05, 3.63) is 34.2 Å². The topological polar surface area (TPSA) is 22.0 Å². The fourth-order valence-corrected chi connectivity index (χ4v) is 0.949. The first-order valence-electron chi connectivity index (χ1n) is 3.74. The summed E-state index contributed by atoms with van der Waals surface area (Å²) in [7, 11) is 0. The average Bonchev–Trinajstić information content (AvgIpc) is 2.01. The number of rotatable bonds is 1. The summed E-state index contributed by atoms with van der Waals surface area (Å²) >= 11 is 0. The quantitative estimate of drug-likeness (QED) is 0.664. The fraction of sp³-hybridized carbons (Fsp3) is 0.375. The Kier molecular flexibility index (Phi) is 2.45. The van der Waals surface area contributed by atoms with Crippen LogP contribution in [0.1, 0.15) is 12.5 Å². The second kappa shape index (κ2) is 3.24. The van der Waals surface area contributed by atoms with E-state index in [0.717, 1.165) is 12.3 Å². The Morgan fingerprint density at radius 3 is 2.46 bits per heavy atom. The fourth-order valence-electron chi connectivity index (χ4n) is 0.949. The molecule has 0 N–H and O–H groups in total. The zero-order chi connectivity index (χ0) is 10.1. The standard InChI is InChI=1S/C8H8F3NO/c1-2-6-3-4-12(7(13)5-6)8(9,10)11/h3-5H,2H2,1H3. The molecule has 2 nitrogen and oxygen atoms in total. The van der Waals surface area contributed by atoms with Crippen molar-refractivity contribution in [2.45, 2.75) is 19.6 Å². The maximum atomic E-state index is 12.0. The van der Waals surface area contributed by atoms with Crippen molar-refractivity contribution >= 4 is 0 Å². The molecule has 5 heteroatoms. The van der Waals surface area contributed by atoms with Crippen LogP contribution < -0.4 is 5.56 Å². The van der Waals surface area contributed by atoms with E-state index in [0.29, 0.717) is 12.0 Å². The molecule has 0 radical (unpaired) electrons. The van der Waals surface area contributed by atoms with Crippen molar-refractivity contribution in [3.63, 3.8) is 0 Å². The van der Waals surface area contributed by atoms with Crippen LogP contribution in [0.2, 0.25) is 0 Å². The van der Waals surface area contributed by atoms with E-state index in [4.69, 9.17) is 0 Å². The van der Waals surface area contributed by atoms with Gasteiger partial charge in [0.15, 0.2) is 0 Å². The van der Waals surface area contributed by atoms with Crippen molar-refractivity contribution in [1.29, 1.82) is 0 Å². The molecule has 0 bridgehead atoms. The Balaban J connectivity index is 3.21. The van der Waals surface area contributed by atoms with Gasteiger partial charge >= 0.3 is 6.30 Å². The number of hydrogen-bond donors (Lipinski definition) is 0. The van der Waals surface area contributed by atoms with Gasteiger partial charge in [-0.15, -0.1) is 13.2 Å². The number of aromatic nitrogens is 1. The number of pyridine rings is 1. The first-order valence-corrected chi connectivity index (χ1v) is 3.74. The van der Waals surface area contributed by atoms with E-state index in [1.54, 1.807) is 6.92 Å². The van der Waals surface area contributed by atoms with E-state index in [1.807, 2.05) is 0 Å². The van der Waals surface area contributed by atoms with Crippen LogP contribution in [0.3, 0.4) is 0 Å². The Hall–Kier alpha value is -1.26. The molecule has 0 saturated heterocycles. The molecule has 13 heavy (non-hydrogen) atoms. The minimum atomic E-state index is -4.62. The molecule has 1 rings (SSSR count). The maximum absolute atomic E-state index is 12.0. The second-order valence-corrected chi connectivity index (χ2v) is 2.56. The van der Waals surface area contributed by atoms with Crippen LogP contribution in [-0.4, -0.2) is 4.57 Å². The summed E-state index contributed by atoms with van der Waals surface area (Å²) in [6.07, 6.45) is -3.32. The van der Waals surface area contributed by atoms with Gasteiger partial charge in [0, 0.05) is 12.3 Å². The predicted octanol–water partition coefficient (Wildman–Crippen LogP) is 1.89. The zero-order valence-electron chi connectivity index (χ0n) is 6.93. The van der Waals surface area contributed by atoms with Crippen LogP contribution in [0.15, 0.2) is 23.1 Å². The van der Waals surface area contributed by atoms with Crippen LogP contribution in [0, 0.1) is 0 Å². The SMILES string of the molecule is CCc1ccn(C(F)(F)F)c(=O)c1. The number of hydrogen-bond acceptors (Lipinski definition) is 1. The normalized spacial score (nSPS) is 11.7. The van der Waals surface area contributed by atoms with Crippen LogP contribution in [0.4, 0.5) is 13.2 Å². The first kappa shape index (κ1) is 9.83. The molecular weight excluding hydrogens is 183 g/mol. The molecule has 0 fully saturated rings. The summed E-state index contributed by atoms with van der Waals surface area (Å²) in [5.41, 5.74) is -0.433. The van der Waals surface area contributed by atoms with E-state index in [2.05, 4.69) is 0 Å². The largest absolute Gasteiger partial charge is 0.491 e. The smallest absolute Gasteiger partial charge is 0.269 e. The summed E-state index contributed by atoms with van der Waals surface area (Å²) in [6.45, 7) is 1.77. The lowest BCUT2D eigenvalue weighted by molar-refractivity contribution is -0.206. The molecule has 0 aliphatic heterocycles. The molecule has 0 unspecified atom stereocenters. The van der Waals surface area contributed by atoms with Gasteiger partial charge < -0.3 is 0 Å². The van der Waals surface area contributed by atoms with Crippen molar-refractivity contribution in [2.75, 3.05) is 0 Å². The number of halogens is 3. The first-order chi connectivity index (χ1) is 5.95. The van der Waals surface area contributed by atoms with Crippen LogP contribution in [0.25, 0.3) is 0 Å². The molecule has 0 saturated carbocycles. The van der Waals surface area contributed by atoms with Crippen LogP contribution in [-0.2, 0) is 12.7 Å². The predicted molar refractivity (Wildman–Crippen MR) is 41.4 cm³/mol. The van der Waals surface area contributed by atoms with Crippen LogP contribution in [0.5, 0.6) is 0 Å². The van der Waals surface area contributed by atoms with Gasteiger partial charge in [-0.05, 0) is 18.1 Å². The Bertz CT molecular complexity index is 353. The number of nitrogens with zero attached hydrogens (tertiary/aromatic N) is 1. The molecule has 1 aromatic heterocycles. The van der Waals surface area contributed by atoms with E-state index >= 15 is 0 Å². The average molecular weight is 191 g/mol. The highest BCUT2D eigenvalue weighted by molar-refractivity contribution is 5.10. The van der Waals surface area contributed by atoms with Gasteiger partial charge in [0.05, 0.1) is 0 Å². The Morgan fingerprint density at radius 2 is 2.08 bits per heavy atom.